The van der Waals surface area contributed by atoms with Gasteiger partial charge in [0.15, 0.2) is 15.9 Å². The van der Waals surface area contributed by atoms with Gasteiger partial charge in [-0.1, -0.05) is 12.1 Å². The number of carbonyl (C=O) groups excluding carboxylic acids is 1. The lowest BCUT2D eigenvalue weighted by molar-refractivity contribution is -0.145. The second kappa shape index (κ2) is 6.02. The summed E-state index contributed by atoms with van der Waals surface area (Å²) in [5.41, 5.74) is 0.193. The van der Waals surface area contributed by atoms with E-state index < -0.39 is 33.9 Å². The van der Waals surface area contributed by atoms with Gasteiger partial charge in [0.05, 0.1) is 4.90 Å². The smallest absolute Gasteiger partial charge is 0.329 e. The zero-order valence-electron chi connectivity index (χ0n) is 10.9. The topological polar surface area (TPSA) is 121 Å². The lowest BCUT2D eigenvalue weighted by Crippen LogP contribution is -2.44. The van der Waals surface area contributed by atoms with Crippen molar-refractivity contribution in [1.82, 2.24) is 5.32 Å². The van der Waals surface area contributed by atoms with Crippen LogP contribution in [0.4, 0.5) is 0 Å². The van der Waals surface area contributed by atoms with E-state index in [1.165, 1.54) is 24.3 Å². The molecular weight excluding hydrogens is 286 g/mol. The van der Waals surface area contributed by atoms with Gasteiger partial charge in [-0.2, -0.15) is 0 Å². The highest BCUT2D eigenvalue weighted by molar-refractivity contribution is 7.90. The van der Waals surface area contributed by atoms with Crippen LogP contribution in [0.1, 0.15) is 18.6 Å². The first-order chi connectivity index (χ1) is 9.12. The number of benzene rings is 1. The molecule has 0 unspecified atom stereocenters. The van der Waals surface area contributed by atoms with Crippen molar-refractivity contribution >= 4 is 21.7 Å². The fourth-order valence-electron chi connectivity index (χ4n) is 1.60. The molecule has 0 aliphatic heterocycles. The molecule has 8 heteroatoms. The van der Waals surface area contributed by atoms with Crippen LogP contribution in [0, 0.1) is 0 Å². The first-order valence-corrected chi connectivity index (χ1v) is 7.50. The summed E-state index contributed by atoms with van der Waals surface area (Å²) in [6.07, 6.45) is -0.444. The zero-order chi connectivity index (χ0) is 15.5. The fraction of sp³-hybridized carbons (Fsp3) is 0.333. The summed E-state index contributed by atoms with van der Waals surface area (Å²) in [6, 6.07) is 3.63. The van der Waals surface area contributed by atoms with Crippen molar-refractivity contribution in [3.8, 4) is 0 Å². The number of aliphatic hydroxyl groups is 1. The maximum atomic E-state index is 11.3. The monoisotopic (exact) mass is 301 g/mol. The Balaban J connectivity index is 3.04. The minimum atomic E-state index is -3.37. The Hall–Kier alpha value is -1.93. The molecule has 0 radical (unpaired) electrons. The minimum absolute atomic E-state index is 0.0554. The van der Waals surface area contributed by atoms with Gasteiger partial charge in [0.25, 0.3) is 0 Å². The van der Waals surface area contributed by atoms with Crippen LogP contribution < -0.4 is 5.32 Å². The zero-order valence-corrected chi connectivity index (χ0v) is 11.7. The summed E-state index contributed by atoms with van der Waals surface area (Å²) in [4.78, 5) is 22.0. The second-order valence-electron chi connectivity index (χ2n) is 4.30. The van der Waals surface area contributed by atoms with Crippen molar-refractivity contribution in [2.75, 3.05) is 6.26 Å². The molecule has 0 heterocycles. The average molecular weight is 301 g/mol. The van der Waals surface area contributed by atoms with Gasteiger partial charge < -0.3 is 15.5 Å². The van der Waals surface area contributed by atoms with Gasteiger partial charge in [-0.05, 0) is 17.7 Å². The van der Waals surface area contributed by atoms with Crippen LogP contribution in [0.15, 0.2) is 29.2 Å². The van der Waals surface area contributed by atoms with Crippen molar-refractivity contribution < 1.29 is 28.2 Å². The van der Waals surface area contributed by atoms with Crippen LogP contribution >= 0.6 is 0 Å². The molecule has 0 bridgehead atoms. The first kappa shape index (κ1) is 16.1. The number of hydrogen-bond acceptors (Lipinski definition) is 5. The third-order valence-electron chi connectivity index (χ3n) is 2.59. The summed E-state index contributed by atoms with van der Waals surface area (Å²) in [5, 5.41) is 21.0. The van der Waals surface area contributed by atoms with Crippen molar-refractivity contribution in [3.63, 3.8) is 0 Å². The predicted molar refractivity (Wildman–Crippen MR) is 69.8 cm³/mol. The van der Waals surface area contributed by atoms with Crippen LogP contribution in [-0.4, -0.2) is 42.8 Å². The number of carbonyl (C=O) groups is 2. The summed E-state index contributed by atoms with van der Waals surface area (Å²) in [7, 11) is -3.37. The fourth-order valence-corrected chi connectivity index (χ4v) is 2.23. The van der Waals surface area contributed by atoms with Crippen LogP contribution in [0.3, 0.4) is 0 Å². The molecule has 0 aromatic heterocycles. The molecule has 1 aromatic carbocycles. The molecule has 1 aromatic rings. The lowest BCUT2D eigenvalue weighted by Gasteiger charge is -2.20. The highest BCUT2D eigenvalue weighted by Crippen LogP contribution is 2.19. The summed E-state index contributed by atoms with van der Waals surface area (Å²) in [6.45, 7) is 1.13. The number of hydrogen-bond donors (Lipinski definition) is 3. The molecule has 0 saturated carbocycles. The third-order valence-corrected chi connectivity index (χ3v) is 3.72. The maximum Gasteiger partial charge on any atom is 0.329 e. The normalized spacial score (nSPS) is 14.3. The Labute approximate surface area is 116 Å². The van der Waals surface area contributed by atoms with Gasteiger partial charge >= 0.3 is 5.97 Å². The summed E-state index contributed by atoms with van der Waals surface area (Å²) < 4.78 is 22.6. The average Bonchev–Trinajstić information content (AvgIpc) is 2.33. The molecule has 0 saturated heterocycles. The van der Waals surface area contributed by atoms with Crippen molar-refractivity contribution in [1.29, 1.82) is 0 Å². The number of carboxylic acid groups (broad SMARTS) is 1. The van der Waals surface area contributed by atoms with Crippen LogP contribution in [0.25, 0.3) is 0 Å². The number of carboxylic acids is 1. The molecule has 0 fully saturated rings. The second-order valence-corrected chi connectivity index (χ2v) is 6.32. The molecule has 20 heavy (non-hydrogen) atoms. The molecule has 2 atom stereocenters. The van der Waals surface area contributed by atoms with E-state index in [-0.39, 0.29) is 10.5 Å². The molecule has 110 valence electrons. The van der Waals surface area contributed by atoms with E-state index in [0.717, 1.165) is 13.2 Å². The highest BCUT2D eigenvalue weighted by Gasteiger charge is 2.28. The molecule has 0 spiro atoms. The van der Waals surface area contributed by atoms with Crippen LogP contribution in [0.2, 0.25) is 0 Å². The van der Waals surface area contributed by atoms with E-state index in [1.807, 2.05) is 0 Å². The van der Waals surface area contributed by atoms with E-state index in [0.29, 0.717) is 0 Å². The molecule has 1 rings (SSSR count). The van der Waals surface area contributed by atoms with Crippen LogP contribution in [-0.2, 0) is 19.4 Å². The van der Waals surface area contributed by atoms with Gasteiger partial charge in [0, 0.05) is 13.2 Å². The Morgan fingerprint density at radius 3 is 2.05 bits per heavy atom. The molecule has 0 aliphatic rings. The number of nitrogens with one attached hydrogen (secondary N) is 1. The van der Waals surface area contributed by atoms with E-state index in [4.69, 9.17) is 5.11 Å². The SMILES string of the molecule is CC(=O)N[C@H](C(=O)O)[C@H](O)c1ccc(S(C)(=O)=O)cc1. The van der Waals surface area contributed by atoms with E-state index >= 15 is 0 Å². The van der Waals surface area contributed by atoms with Crippen molar-refractivity contribution in [2.24, 2.45) is 0 Å². The van der Waals surface area contributed by atoms with Crippen molar-refractivity contribution in [2.45, 2.75) is 24.0 Å². The standard InChI is InChI=1S/C12H15NO6S/c1-7(14)13-10(12(16)17)11(15)8-3-5-9(6-4-8)20(2,18)19/h3-6,10-11,15H,1-2H3,(H,13,14)(H,16,17)/t10-,11+/m0/s1. The number of amides is 1. The summed E-state index contributed by atoms with van der Waals surface area (Å²) >= 11 is 0. The van der Waals surface area contributed by atoms with Crippen molar-refractivity contribution in [3.05, 3.63) is 29.8 Å². The van der Waals surface area contributed by atoms with E-state index in [1.54, 1.807) is 0 Å². The van der Waals surface area contributed by atoms with Gasteiger partial charge in [0.1, 0.15) is 6.10 Å². The molecule has 0 aliphatic carbocycles. The van der Waals surface area contributed by atoms with Crippen LogP contribution in [0.5, 0.6) is 0 Å². The third kappa shape index (κ3) is 4.04. The highest BCUT2D eigenvalue weighted by atomic mass is 32.2. The Morgan fingerprint density at radius 1 is 1.20 bits per heavy atom. The number of aliphatic carboxylic acids is 1. The Bertz CT molecular complexity index is 607. The molecular formula is C12H15NO6S. The Morgan fingerprint density at radius 2 is 1.70 bits per heavy atom. The quantitative estimate of drug-likeness (QED) is 0.687. The minimum Gasteiger partial charge on any atom is -0.480 e. The molecule has 3 N–H and O–H groups in total. The lowest BCUT2D eigenvalue weighted by atomic mass is 10.0. The maximum absolute atomic E-state index is 11.3. The van der Waals surface area contributed by atoms with Gasteiger partial charge in [-0.3, -0.25) is 4.79 Å². The van der Waals surface area contributed by atoms with Gasteiger partial charge in [-0.15, -0.1) is 0 Å². The molecule has 7 nitrogen and oxygen atoms in total. The van der Waals surface area contributed by atoms with Gasteiger partial charge in [0.2, 0.25) is 5.91 Å². The number of rotatable bonds is 5. The largest absolute Gasteiger partial charge is 0.480 e. The predicted octanol–water partition coefficient (Wildman–Crippen LogP) is -0.287. The number of sulfone groups is 1. The van der Waals surface area contributed by atoms with E-state index in [9.17, 15) is 23.1 Å². The van der Waals surface area contributed by atoms with Gasteiger partial charge in [-0.25, -0.2) is 13.2 Å². The number of aliphatic hydroxyl groups excluding tert-OH is 1. The Kier molecular flexibility index (Phi) is 4.85. The molecule has 1 amide bonds. The first-order valence-electron chi connectivity index (χ1n) is 5.61. The van der Waals surface area contributed by atoms with E-state index in [2.05, 4.69) is 5.32 Å². The summed E-state index contributed by atoms with van der Waals surface area (Å²) in [5.74, 6) is -1.98.